The van der Waals surface area contributed by atoms with Crippen LogP contribution < -0.4 is 0 Å². The van der Waals surface area contributed by atoms with E-state index in [4.69, 9.17) is 9.47 Å². The topological polar surface area (TPSA) is 35.5 Å². The quantitative estimate of drug-likeness (QED) is 0.423. The highest BCUT2D eigenvalue weighted by molar-refractivity contribution is 7.99. The van der Waals surface area contributed by atoms with Crippen molar-refractivity contribution in [3.05, 3.63) is 29.8 Å². The first-order valence-electron chi connectivity index (χ1n) is 4.54. The fourth-order valence-electron chi connectivity index (χ4n) is 1.10. The van der Waals surface area contributed by atoms with Gasteiger partial charge in [-0.1, -0.05) is 18.2 Å². The molecule has 0 atom stereocenters. The van der Waals surface area contributed by atoms with Gasteiger partial charge in [0, 0.05) is 30.4 Å². The third-order valence-corrected chi connectivity index (χ3v) is 3.07. The van der Waals surface area contributed by atoms with Crippen LogP contribution in [0.2, 0.25) is 0 Å². The van der Waals surface area contributed by atoms with Gasteiger partial charge in [0.05, 0.1) is 0 Å². The summed E-state index contributed by atoms with van der Waals surface area (Å²) >= 11 is 1.55. The smallest absolute Gasteiger partial charge is 0.166 e. The van der Waals surface area contributed by atoms with Crippen LogP contribution in [-0.2, 0) is 9.47 Å². The van der Waals surface area contributed by atoms with Crippen LogP contribution >= 0.6 is 11.8 Å². The molecule has 0 fully saturated rings. The Bertz CT molecular complexity index is 310. The van der Waals surface area contributed by atoms with Crippen molar-refractivity contribution in [3.8, 4) is 0 Å². The summed E-state index contributed by atoms with van der Waals surface area (Å²) in [6, 6.07) is 7.46. The first-order valence-corrected chi connectivity index (χ1v) is 5.53. The van der Waals surface area contributed by atoms with Gasteiger partial charge in [0.2, 0.25) is 0 Å². The number of rotatable bonds is 6. The third-order valence-electron chi connectivity index (χ3n) is 1.95. The summed E-state index contributed by atoms with van der Waals surface area (Å²) in [5.41, 5.74) is 0.702. The van der Waals surface area contributed by atoms with E-state index in [0.29, 0.717) is 11.3 Å². The number of hydrogen-bond acceptors (Lipinski definition) is 4. The Morgan fingerprint density at radius 3 is 2.60 bits per heavy atom. The molecule has 3 nitrogen and oxygen atoms in total. The Morgan fingerprint density at radius 2 is 2.00 bits per heavy atom. The number of carbonyl (C=O) groups is 1. The minimum atomic E-state index is -0.241. The predicted molar refractivity (Wildman–Crippen MR) is 60.4 cm³/mol. The molecule has 0 unspecified atom stereocenters. The summed E-state index contributed by atoms with van der Waals surface area (Å²) < 4.78 is 10.1. The first-order chi connectivity index (χ1) is 7.31. The summed E-state index contributed by atoms with van der Waals surface area (Å²) in [5, 5.41) is 0. The van der Waals surface area contributed by atoms with Gasteiger partial charge in [-0.05, 0) is 6.07 Å². The van der Waals surface area contributed by atoms with Gasteiger partial charge in [0.25, 0.3) is 0 Å². The van der Waals surface area contributed by atoms with Gasteiger partial charge >= 0.3 is 0 Å². The Hall–Kier alpha value is -0.840. The van der Waals surface area contributed by atoms with E-state index in [1.165, 1.54) is 0 Å². The van der Waals surface area contributed by atoms with Crippen molar-refractivity contribution in [1.82, 2.24) is 0 Å². The Labute approximate surface area is 93.8 Å². The molecule has 0 amide bonds. The molecule has 15 heavy (non-hydrogen) atoms. The van der Waals surface area contributed by atoms with E-state index in [1.807, 2.05) is 18.2 Å². The average molecular weight is 226 g/mol. The molecule has 0 saturated carbocycles. The van der Waals surface area contributed by atoms with Gasteiger partial charge < -0.3 is 9.47 Å². The van der Waals surface area contributed by atoms with Crippen LogP contribution in [0.25, 0.3) is 0 Å². The lowest BCUT2D eigenvalue weighted by Crippen LogP contribution is -2.15. The molecule has 82 valence electrons. The number of hydrogen-bond donors (Lipinski definition) is 0. The molecule has 0 aliphatic rings. The van der Waals surface area contributed by atoms with Crippen molar-refractivity contribution in [2.75, 3.05) is 20.0 Å². The van der Waals surface area contributed by atoms with Crippen LogP contribution in [0.15, 0.2) is 29.2 Å². The molecule has 0 radical (unpaired) electrons. The van der Waals surface area contributed by atoms with Gasteiger partial charge in [0.15, 0.2) is 12.6 Å². The summed E-state index contributed by atoms with van der Waals surface area (Å²) in [6.45, 7) is 0. The second-order valence-corrected chi connectivity index (χ2v) is 3.93. The summed E-state index contributed by atoms with van der Waals surface area (Å²) in [6.07, 6.45) is 0.617. The third kappa shape index (κ3) is 3.66. The van der Waals surface area contributed by atoms with E-state index in [0.717, 1.165) is 11.2 Å². The molecule has 0 aliphatic carbocycles. The lowest BCUT2D eigenvalue weighted by atomic mass is 10.2. The molecular formula is C11H14O3S. The van der Waals surface area contributed by atoms with Gasteiger partial charge in [-0.3, -0.25) is 4.79 Å². The normalized spacial score (nSPS) is 10.6. The molecule has 0 bridgehead atoms. The number of benzene rings is 1. The second-order valence-electron chi connectivity index (χ2n) is 2.87. The van der Waals surface area contributed by atoms with Crippen molar-refractivity contribution in [2.45, 2.75) is 11.2 Å². The van der Waals surface area contributed by atoms with Crippen LogP contribution in [0, 0.1) is 0 Å². The molecule has 0 aliphatic heterocycles. The number of aldehydes is 1. The lowest BCUT2D eigenvalue weighted by Gasteiger charge is -2.13. The maximum absolute atomic E-state index is 10.7. The highest BCUT2D eigenvalue weighted by Gasteiger charge is 2.07. The first kappa shape index (κ1) is 12.2. The van der Waals surface area contributed by atoms with Crippen LogP contribution in [0.5, 0.6) is 0 Å². The van der Waals surface area contributed by atoms with Gasteiger partial charge in [-0.25, -0.2) is 0 Å². The van der Waals surface area contributed by atoms with Crippen LogP contribution in [0.1, 0.15) is 10.4 Å². The zero-order valence-electron chi connectivity index (χ0n) is 8.80. The minimum absolute atomic E-state index is 0.241. The predicted octanol–water partition coefficient (Wildman–Crippen LogP) is 2.21. The highest BCUT2D eigenvalue weighted by atomic mass is 32.2. The van der Waals surface area contributed by atoms with Crippen molar-refractivity contribution < 1.29 is 14.3 Å². The van der Waals surface area contributed by atoms with Crippen molar-refractivity contribution in [1.29, 1.82) is 0 Å². The molecule has 0 heterocycles. The fraction of sp³-hybridized carbons (Fsp3) is 0.364. The summed E-state index contributed by atoms with van der Waals surface area (Å²) in [5.74, 6) is 0.665. The molecular weight excluding hydrogens is 212 g/mol. The number of methoxy groups -OCH3 is 2. The van der Waals surface area contributed by atoms with Gasteiger partial charge in [0.1, 0.15) is 0 Å². The van der Waals surface area contributed by atoms with E-state index in [2.05, 4.69) is 0 Å². The Kier molecular flexibility index (Phi) is 5.39. The zero-order valence-corrected chi connectivity index (χ0v) is 9.62. The van der Waals surface area contributed by atoms with E-state index < -0.39 is 0 Å². The molecule has 0 spiro atoms. The fourth-order valence-corrected chi connectivity index (χ4v) is 2.14. The van der Waals surface area contributed by atoms with Crippen molar-refractivity contribution >= 4 is 18.0 Å². The van der Waals surface area contributed by atoms with Crippen LogP contribution in [0.4, 0.5) is 0 Å². The maximum Gasteiger partial charge on any atom is 0.166 e. The molecule has 0 saturated heterocycles. The van der Waals surface area contributed by atoms with Crippen LogP contribution in [0.3, 0.4) is 0 Å². The summed E-state index contributed by atoms with van der Waals surface area (Å²) in [4.78, 5) is 11.7. The molecule has 0 aromatic heterocycles. The molecule has 1 rings (SSSR count). The van der Waals surface area contributed by atoms with E-state index >= 15 is 0 Å². The lowest BCUT2D eigenvalue weighted by molar-refractivity contribution is -0.0842. The zero-order chi connectivity index (χ0) is 11.1. The monoisotopic (exact) mass is 226 g/mol. The maximum atomic E-state index is 10.7. The molecule has 0 N–H and O–H groups in total. The van der Waals surface area contributed by atoms with Crippen LogP contribution in [-0.4, -0.2) is 32.5 Å². The van der Waals surface area contributed by atoms with E-state index in [1.54, 1.807) is 32.0 Å². The van der Waals surface area contributed by atoms with Gasteiger partial charge in [-0.2, -0.15) is 0 Å². The standard InChI is InChI=1S/C11H14O3S/c1-13-11(14-2)8-15-10-6-4-3-5-9(10)7-12/h3-7,11H,8H2,1-2H3. The van der Waals surface area contributed by atoms with Gasteiger partial charge in [-0.15, -0.1) is 11.8 Å². The average Bonchev–Trinajstić information content (AvgIpc) is 2.31. The number of carbonyl (C=O) groups excluding carboxylic acids is 1. The minimum Gasteiger partial charge on any atom is -0.355 e. The van der Waals surface area contributed by atoms with E-state index in [9.17, 15) is 4.79 Å². The van der Waals surface area contributed by atoms with Crippen molar-refractivity contribution in [3.63, 3.8) is 0 Å². The Balaban J connectivity index is 2.60. The number of thioether (sulfide) groups is 1. The van der Waals surface area contributed by atoms with Crippen molar-refractivity contribution in [2.24, 2.45) is 0 Å². The summed E-state index contributed by atoms with van der Waals surface area (Å²) in [7, 11) is 3.20. The second kappa shape index (κ2) is 6.61. The SMILES string of the molecule is COC(CSc1ccccc1C=O)OC. The largest absolute Gasteiger partial charge is 0.355 e. The molecule has 1 aromatic carbocycles. The highest BCUT2D eigenvalue weighted by Crippen LogP contribution is 2.22. The molecule has 4 heteroatoms. The Morgan fingerprint density at radius 1 is 1.33 bits per heavy atom. The number of ether oxygens (including phenoxy) is 2. The molecule has 1 aromatic rings. The van der Waals surface area contributed by atoms with E-state index in [-0.39, 0.29) is 6.29 Å².